The Labute approximate surface area is 74.8 Å². The van der Waals surface area contributed by atoms with E-state index in [1.807, 2.05) is 0 Å². The van der Waals surface area contributed by atoms with E-state index in [4.69, 9.17) is 5.11 Å². The van der Waals surface area contributed by atoms with Gasteiger partial charge in [0.1, 0.15) is 6.08 Å². The Balaban J connectivity index is 3.21. The van der Waals surface area contributed by atoms with E-state index in [0.717, 1.165) is 0 Å². The first-order valence-corrected chi connectivity index (χ1v) is 3.08. The lowest BCUT2D eigenvalue weighted by Crippen LogP contribution is -2.41. The first-order chi connectivity index (χ1) is 6.40. The minimum absolute atomic E-state index is 0.273. The summed E-state index contributed by atoms with van der Waals surface area (Å²) < 4.78 is 0. The number of nitrogens with zero attached hydrogens (tertiary/aromatic N) is 4. The fraction of sp³-hybridized carbons (Fsp3) is 0.250. The standard InChI is InChI=1S/C4H2N4O6/c9-3(10)4(8(13)14)1-2(5-6-4)7(11)12/h1H,(H,9,10). The predicted molar refractivity (Wildman–Crippen MR) is 37.3 cm³/mol. The van der Waals surface area contributed by atoms with Crippen molar-refractivity contribution in [2.45, 2.75) is 5.66 Å². The van der Waals surface area contributed by atoms with Crippen LogP contribution in [0.4, 0.5) is 0 Å². The van der Waals surface area contributed by atoms with Crippen molar-refractivity contribution in [1.82, 2.24) is 0 Å². The Morgan fingerprint density at radius 1 is 1.50 bits per heavy atom. The summed E-state index contributed by atoms with van der Waals surface area (Å²) in [7, 11) is 0. The normalized spacial score (nSPS) is 24.4. The van der Waals surface area contributed by atoms with Crippen molar-refractivity contribution < 1.29 is 19.7 Å². The molecule has 0 radical (unpaired) electrons. The van der Waals surface area contributed by atoms with Crippen LogP contribution in [0.15, 0.2) is 22.1 Å². The van der Waals surface area contributed by atoms with Crippen LogP contribution < -0.4 is 0 Å². The molecule has 10 nitrogen and oxygen atoms in total. The highest BCUT2D eigenvalue weighted by molar-refractivity contribution is 5.79. The molecular formula is C4H2N4O6. The van der Waals surface area contributed by atoms with Gasteiger partial charge in [-0.05, 0) is 4.92 Å². The van der Waals surface area contributed by atoms with Crippen LogP contribution in [0.2, 0.25) is 0 Å². The van der Waals surface area contributed by atoms with E-state index < -0.39 is 27.3 Å². The summed E-state index contributed by atoms with van der Waals surface area (Å²) in [6, 6.07) is 0. The van der Waals surface area contributed by atoms with Crippen molar-refractivity contribution in [3.63, 3.8) is 0 Å². The molecule has 0 spiro atoms. The number of aliphatic carboxylic acids is 1. The molecule has 1 unspecified atom stereocenters. The number of hydrogen-bond acceptors (Lipinski definition) is 7. The average Bonchev–Trinajstić information content (AvgIpc) is 2.48. The number of hydrogen-bond donors (Lipinski definition) is 1. The molecule has 0 aliphatic carbocycles. The maximum atomic E-state index is 10.5. The Morgan fingerprint density at radius 2 is 2.07 bits per heavy atom. The van der Waals surface area contributed by atoms with Gasteiger partial charge >= 0.3 is 17.5 Å². The summed E-state index contributed by atoms with van der Waals surface area (Å²) in [6.45, 7) is 0. The largest absolute Gasteiger partial charge is 0.474 e. The number of rotatable bonds is 3. The molecule has 14 heavy (non-hydrogen) atoms. The van der Waals surface area contributed by atoms with Crippen molar-refractivity contribution in [3.8, 4) is 0 Å². The maximum absolute atomic E-state index is 10.5. The fourth-order valence-corrected chi connectivity index (χ4v) is 0.726. The second-order valence-corrected chi connectivity index (χ2v) is 2.25. The zero-order chi connectivity index (χ0) is 10.9. The Morgan fingerprint density at radius 3 is 2.29 bits per heavy atom. The molecule has 0 aromatic carbocycles. The zero-order valence-corrected chi connectivity index (χ0v) is 6.35. The molecule has 74 valence electrons. The number of carboxylic acid groups (broad SMARTS) is 1. The van der Waals surface area contributed by atoms with E-state index in [9.17, 15) is 25.0 Å². The topological polar surface area (TPSA) is 148 Å². The van der Waals surface area contributed by atoms with Gasteiger partial charge in [0.15, 0.2) is 0 Å². The Bertz CT molecular complexity index is 369. The number of carboxylic acids is 1. The SMILES string of the molecule is O=C(O)C1([N+](=O)[O-])C=C([N+](=O)[O-])N=N1. The molecule has 0 bridgehead atoms. The molecule has 1 aliphatic rings. The van der Waals surface area contributed by atoms with Gasteiger partial charge in [-0.2, -0.15) is 0 Å². The van der Waals surface area contributed by atoms with E-state index in [0.29, 0.717) is 0 Å². The lowest BCUT2D eigenvalue weighted by molar-refractivity contribution is -0.539. The van der Waals surface area contributed by atoms with Gasteiger partial charge in [0, 0.05) is 5.11 Å². The van der Waals surface area contributed by atoms with Crippen LogP contribution in [0.5, 0.6) is 0 Å². The van der Waals surface area contributed by atoms with Crippen LogP contribution in [0, 0.1) is 20.2 Å². The van der Waals surface area contributed by atoms with Crippen molar-refractivity contribution in [2.75, 3.05) is 0 Å². The highest BCUT2D eigenvalue weighted by Crippen LogP contribution is 2.25. The zero-order valence-electron chi connectivity index (χ0n) is 6.35. The summed E-state index contributed by atoms with van der Waals surface area (Å²) >= 11 is 0. The van der Waals surface area contributed by atoms with Crippen molar-refractivity contribution in [2.24, 2.45) is 10.2 Å². The van der Waals surface area contributed by atoms with Crippen molar-refractivity contribution in [3.05, 3.63) is 32.1 Å². The van der Waals surface area contributed by atoms with Gasteiger partial charge in [0.25, 0.3) is 0 Å². The number of azo groups is 1. The predicted octanol–water partition coefficient (Wildman–Crippen LogP) is -0.372. The third-order valence-electron chi connectivity index (χ3n) is 1.42. The number of carbonyl (C=O) groups is 1. The van der Waals surface area contributed by atoms with Crippen LogP contribution in [-0.4, -0.2) is 26.6 Å². The lowest BCUT2D eigenvalue weighted by Gasteiger charge is -2.03. The first-order valence-electron chi connectivity index (χ1n) is 3.08. The molecule has 1 heterocycles. The van der Waals surface area contributed by atoms with Crippen LogP contribution in [0.3, 0.4) is 0 Å². The Kier molecular flexibility index (Phi) is 1.96. The molecule has 0 aromatic heterocycles. The van der Waals surface area contributed by atoms with Crippen LogP contribution in [-0.2, 0) is 4.79 Å². The van der Waals surface area contributed by atoms with E-state index >= 15 is 0 Å². The summed E-state index contributed by atoms with van der Waals surface area (Å²) in [5.41, 5.74) is -2.86. The second kappa shape index (κ2) is 2.83. The summed E-state index contributed by atoms with van der Waals surface area (Å²) in [6.07, 6.45) is 0.273. The third kappa shape index (κ3) is 1.18. The van der Waals surface area contributed by atoms with Gasteiger partial charge in [0.05, 0.1) is 10.0 Å². The second-order valence-electron chi connectivity index (χ2n) is 2.25. The average molecular weight is 202 g/mol. The molecule has 1 aliphatic heterocycles. The molecule has 10 heteroatoms. The van der Waals surface area contributed by atoms with E-state index in [1.54, 1.807) is 0 Å². The molecular weight excluding hydrogens is 200 g/mol. The van der Waals surface area contributed by atoms with Gasteiger partial charge in [-0.25, -0.2) is 4.79 Å². The van der Waals surface area contributed by atoms with Gasteiger partial charge in [-0.15, -0.1) is 0 Å². The fourth-order valence-electron chi connectivity index (χ4n) is 0.726. The van der Waals surface area contributed by atoms with Crippen molar-refractivity contribution >= 4 is 5.97 Å². The minimum Gasteiger partial charge on any atom is -0.474 e. The van der Waals surface area contributed by atoms with Gasteiger partial charge in [0.2, 0.25) is 0 Å². The molecule has 0 amide bonds. The van der Waals surface area contributed by atoms with E-state index in [2.05, 4.69) is 10.2 Å². The lowest BCUT2D eigenvalue weighted by atomic mass is 10.2. The highest BCUT2D eigenvalue weighted by Gasteiger charge is 2.58. The van der Waals surface area contributed by atoms with E-state index in [-0.39, 0.29) is 6.08 Å². The summed E-state index contributed by atoms with van der Waals surface area (Å²) in [4.78, 5) is 28.6. The molecule has 0 saturated heterocycles. The van der Waals surface area contributed by atoms with Gasteiger partial charge in [-0.1, -0.05) is 0 Å². The smallest absolute Gasteiger partial charge is 0.472 e. The van der Waals surface area contributed by atoms with Gasteiger partial charge in [-0.3, -0.25) is 10.1 Å². The van der Waals surface area contributed by atoms with Crippen LogP contribution in [0.1, 0.15) is 0 Å². The molecule has 0 fully saturated rings. The third-order valence-corrected chi connectivity index (χ3v) is 1.42. The maximum Gasteiger partial charge on any atom is 0.472 e. The minimum atomic E-state index is -2.86. The summed E-state index contributed by atoms with van der Waals surface area (Å²) in [5.74, 6) is -2.88. The quantitative estimate of drug-likeness (QED) is 0.487. The first kappa shape index (κ1) is 9.70. The monoisotopic (exact) mass is 202 g/mol. The molecule has 1 N–H and O–H groups in total. The number of nitro groups is 2. The van der Waals surface area contributed by atoms with Crippen molar-refractivity contribution in [1.29, 1.82) is 0 Å². The molecule has 1 atom stereocenters. The molecule has 1 rings (SSSR count). The molecule has 0 saturated carbocycles. The van der Waals surface area contributed by atoms with Gasteiger partial charge < -0.3 is 15.2 Å². The van der Waals surface area contributed by atoms with Crippen LogP contribution in [0.25, 0.3) is 0 Å². The van der Waals surface area contributed by atoms with E-state index in [1.165, 1.54) is 0 Å². The Hall–Kier alpha value is -2.39. The van der Waals surface area contributed by atoms with Crippen LogP contribution >= 0.6 is 0 Å². The summed E-state index contributed by atoms with van der Waals surface area (Å²) in [5, 5.41) is 34.5. The molecule has 0 aromatic rings. The highest BCUT2D eigenvalue weighted by atomic mass is 16.6.